The lowest BCUT2D eigenvalue weighted by Gasteiger charge is -2.09. The Balaban J connectivity index is 2.53. The molecule has 3 N–H and O–H groups in total. The summed E-state index contributed by atoms with van der Waals surface area (Å²) >= 11 is 1.72. The van der Waals surface area contributed by atoms with Crippen molar-refractivity contribution in [3.05, 3.63) is 21.9 Å². The normalized spacial score (nSPS) is 11.6. The molecule has 1 rings (SSSR count). The van der Waals surface area contributed by atoms with Gasteiger partial charge in [0.1, 0.15) is 0 Å². The second-order valence-corrected chi connectivity index (χ2v) is 4.37. The molecule has 1 aromatic rings. The Morgan fingerprint density at radius 3 is 2.88 bits per heavy atom. The summed E-state index contributed by atoms with van der Waals surface area (Å²) in [4.78, 5) is 5.73. The number of hydrogen-bond acceptors (Lipinski definition) is 3. The molecule has 0 bridgehead atoms. The summed E-state index contributed by atoms with van der Waals surface area (Å²) in [5, 5.41) is 17.0. The van der Waals surface area contributed by atoms with Crippen molar-refractivity contribution in [1.82, 2.24) is 10.6 Å². The van der Waals surface area contributed by atoms with E-state index in [9.17, 15) is 0 Å². The Morgan fingerprint density at radius 2 is 2.31 bits per heavy atom. The number of aliphatic hydroxyl groups is 1. The quantitative estimate of drug-likeness (QED) is 0.534. The summed E-state index contributed by atoms with van der Waals surface area (Å²) in [6, 6.07) is 2.10. The first kappa shape index (κ1) is 13.0. The predicted molar refractivity (Wildman–Crippen MR) is 69.0 cm³/mol. The summed E-state index contributed by atoms with van der Waals surface area (Å²) < 4.78 is 0. The van der Waals surface area contributed by atoms with E-state index in [0.29, 0.717) is 13.1 Å². The molecule has 0 amide bonds. The van der Waals surface area contributed by atoms with Crippen LogP contribution in [-0.4, -0.2) is 30.8 Å². The van der Waals surface area contributed by atoms with Gasteiger partial charge in [0, 0.05) is 18.0 Å². The van der Waals surface area contributed by atoms with Crippen molar-refractivity contribution in [2.75, 3.05) is 19.7 Å². The second-order valence-electron chi connectivity index (χ2n) is 3.37. The van der Waals surface area contributed by atoms with Crippen molar-refractivity contribution < 1.29 is 5.11 Å². The molecule has 0 aromatic carbocycles. The SMILES string of the molecule is CCNC(=NCc1sccc1C)NCCO. The van der Waals surface area contributed by atoms with Crippen LogP contribution in [0.25, 0.3) is 0 Å². The maximum absolute atomic E-state index is 8.74. The monoisotopic (exact) mass is 241 g/mol. The van der Waals surface area contributed by atoms with Gasteiger partial charge in [-0.2, -0.15) is 0 Å². The van der Waals surface area contributed by atoms with Gasteiger partial charge in [-0.3, -0.25) is 0 Å². The topological polar surface area (TPSA) is 56.7 Å². The van der Waals surface area contributed by atoms with E-state index in [2.05, 4.69) is 34.0 Å². The molecule has 0 radical (unpaired) electrons. The Labute approximate surface area is 100 Å². The highest BCUT2D eigenvalue weighted by Crippen LogP contribution is 2.16. The maximum atomic E-state index is 8.74. The summed E-state index contributed by atoms with van der Waals surface area (Å²) in [5.74, 6) is 0.754. The highest BCUT2D eigenvalue weighted by molar-refractivity contribution is 7.10. The third-order valence-corrected chi connectivity index (χ3v) is 3.11. The number of rotatable bonds is 5. The lowest BCUT2D eigenvalue weighted by molar-refractivity contribution is 0.300. The van der Waals surface area contributed by atoms with Crippen molar-refractivity contribution in [2.45, 2.75) is 20.4 Å². The Kier molecular flexibility index (Phi) is 5.88. The third-order valence-electron chi connectivity index (χ3n) is 2.10. The maximum Gasteiger partial charge on any atom is 0.191 e. The van der Waals surface area contributed by atoms with Crippen LogP contribution in [0.5, 0.6) is 0 Å². The van der Waals surface area contributed by atoms with Crippen LogP contribution >= 0.6 is 11.3 Å². The molecule has 0 unspecified atom stereocenters. The molecule has 0 fully saturated rings. The van der Waals surface area contributed by atoms with E-state index in [1.54, 1.807) is 11.3 Å². The first-order chi connectivity index (χ1) is 7.77. The molecule has 0 aliphatic heterocycles. The average molecular weight is 241 g/mol. The van der Waals surface area contributed by atoms with Crippen LogP contribution in [0.2, 0.25) is 0 Å². The Bertz CT molecular complexity index is 336. The summed E-state index contributed by atoms with van der Waals surface area (Å²) in [7, 11) is 0. The van der Waals surface area contributed by atoms with Crippen molar-refractivity contribution in [3.8, 4) is 0 Å². The van der Waals surface area contributed by atoms with E-state index in [-0.39, 0.29) is 6.61 Å². The zero-order valence-electron chi connectivity index (χ0n) is 9.79. The molecular formula is C11H19N3OS. The third kappa shape index (κ3) is 4.20. The molecule has 0 aliphatic carbocycles. The highest BCUT2D eigenvalue weighted by Gasteiger charge is 2.00. The molecule has 90 valence electrons. The molecule has 0 saturated heterocycles. The van der Waals surface area contributed by atoms with Gasteiger partial charge in [-0.15, -0.1) is 11.3 Å². The number of nitrogens with zero attached hydrogens (tertiary/aromatic N) is 1. The van der Waals surface area contributed by atoms with Gasteiger partial charge < -0.3 is 15.7 Å². The fraction of sp³-hybridized carbons (Fsp3) is 0.545. The lowest BCUT2D eigenvalue weighted by atomic mass is 10.3. The number of thiophene rings is 1. The summed E-state index contributed by atoms with van der Waals surface area (Å²) in [6.07, 6.45) is 0. The van der Waals surface area contributed by atoms with E-state index in [0.717, 1.165) is 12.5 Å². The minimum Gasteiger partial charge on any atom is -0.395 e. The van der Waals surface area contributed by atoms with E-state index >= 15 is 0 Å². The van der Waals surface area contributed by atoms with Crippen molar-refractivity contribution in [1.29, 1.82) is 0 Å². The van der Waals surface area contributed by atoms with Crippen molar-refractivity contribution in [3.63, 3.8) is 0 Å². The van der Waals surface area contributed by atoms with E-state index in [4.69, 9.17) is 5.11 Å². The van der Waals surface area contributed by atoms with E-state index < -0.39 is 0 Å². The molecular weight excluding hydrogens is 222 g/mol. The van der Waals surface area contributed by atoms with Gasteiger partial charge in [0.15, 0.2) is 5.96 Å². The minimum atomic E-state index is 0.114. The van der Waals surface area contributed by atoms with Crippen LogP contribution in [0.1, 0.15) is 17.4 Å². The van der Waals surface area contributed by atoms with Crippen LogP contribution in [0.15, 0.2) is 16.4 Å². The summed E-state index contributed by atoms with van der Waals surface area (Å²) in [6.45, 7) is 6.25. The number of aliphatic imine (C=N–C) groups is 1. The van der Waals surface area contributed by atoms with Crippen LogP contribution in [0, 0.1) is 6.92 Å². The molecule has 1 heterocycles. The number of aryl methyl sites for hydroxylation is 1. The van der Waals surface area contributed by atoms with Crippen molar-refractivity contribution >= 4 is 17.3 Å². The van der Waals surface area contributed by atoms with Gasteiger partial charge in [-0.05, 0) is 30.9 Å². The van der Waals surface area contributed by atoms with Crippen molar-refractivity contribution in [2.24, 2.45) is 4.99 Å². The number of nitrogens with one attached hydrogen (secondary N) is 2. The number of hydrogen-bond donors (Lipinski definition) is 3. The highest BCUT2D eigenvalue weighted by atomic mass is 32.1. The molecule has 5 heteroatoms. The molecule has 16 heavy (non-hydrogen) atoms. The molecule has 0 atom stereocenters. The summed E-state index contributed by atoms with van der Waals surface area (Å²) in [5.41, 5.74) is 1.28. The smallest absolute Gasteiger partial charge is 0.191 e. The van der Waals surface area contributed by atoms with Crippen LogP contribution in [0.3, 0.4) is 0 Å². The first-order valence-corrected chi connectivity index (χ1v) is 6.32. The van der Waals surface area contributed by atoms with Gasteiger partial charge in [-0.25, -0.2) is 4.99 Å². The minimum absolute atomic E-state index is 0.114. The molecule has 0 aliphatic rings. The van der Waals surface area contributed by atoms with Crippen LogP contribution in [0.4, 0.5) is 0 Å². The lowest BCUT2D eigenvalue weighted by Crippen LogP contribution is -2.38. The fourth-order valence-corrected chi connectivity index (χ4v) is 2.06. The van der Waals surface area contributed by atoms with Gasteiger partial charge in [0.2, 0.25) is 0 Å². The predicted octanol–water partition coefficient (Wildman–Crippen LogP) is 1.10. The zero-order valence-corrected chi connectivity index (χ0v) is 10.6. The largest absolute Gasteiger partial charge is 0.395 e. The van der Waals surface area contributed by atoms with Gasteiger partial charge in [0.25, 0.3) is 0 Å². The first-order valence-electron chi connectivity index (χ1n) is 5.44. The molecule has 0 saturated carbocycles. The molecule has 0 spiro atoms. The molecule has 4 nitrogen and oxygen atoms in total. The average Bonchev–Trinajstić information content (AvgIpc) is 2.68. The van der Waals surface area contributed by atoms with Crippen LogP contribution < -0.4 is 10.6 Å². The van der Waals surface area contributed by atoms with Gasteiger partial charge in [0.05, 0.1) is 13.2 Å². The second kappa shape index (κ2) is 7.24. The standard InChI is InChI=1S/C11H19N3OS/c1-3-12-11(13-5-6-15)14-8-10-9(2)4-7-16-10/h4,7,15H,3,5-6,8H2,1-2H3,(H2,12,13,14). The van der Waals surface area contributed by atoms with E-state index in [1.165, 1.54) is 10.4 Å². The van der Waals surface area contributed by atoms with Gasteiger partial charge in [-0.1, -0.05) is 0 Å². The van der Waals surface area contributed by atoms with E-state index in [1.807, 2.05) is 6.92 Å². The fourth-order valence-electron chi connectivity index (χ4n) is 1.23. The zero-order chi connectivity index (χ0) is 11.8. The Morgan fingerprint density at radius 1 is 1.50 bits per heavy atom. The van der Waals surface area contributed by atoms with Crippen LogP contribution in [-0.2, 0) is 6.54 Å². The molecule has 1 aromatic heterocycles. The Hall–Kier alpha value is -1.07. The van der Waals surface area contributed by atoms with Gasteiger partial charge >= 0.3 is 0 Å². The number of aliphatic hydroxyl groups excluding tert-OH is 1. The number of guanidine groups is 1.